The molecule has 51 heavy (non-hydrogen) atoms. The van der Waals surface area contributed by atoms with Crippen molar-refractivity contribution in [2.75, 3.05) is 4.90 Å². The second kappa shape index (κ2) is 12.0. The van der Waals surface area contributed by atoms with Crippen LogP contribution in [0.15, 0.2) is 200 Å². The number of rotatable bonds is 5. The molecule has 0 radical (unpaired) electrons. The fourth-order valence-corrected chi connectivity index (χ4v) is 7.97. The van der Waals surface area contributed by atoms with E-state index >= 15 is 0 Å². The number of anilines is 3. The highest BCUT2D eigenvalue weighted by Crippen LogP contribution is 2.45. The summed E-state index contributed by atoms with van der Waals surface area (Å²) < 4.78 is 0. The first-order valence-electron chi connectivity index (χ1n) is 17.6. The largest absolute Gasteiger partial charge is 0.309 e. The van der Waals surface area contributed by atoms with Crippen molar-refractivity contribution in [3.8, 4) is 22.3 Å². The van der Waals surface area contributed by atoms with Crippen LogP contribution in [0.1, 0.15) is 0 Å². The van der Waals surface area contributed by atoms with Crippen molar-refractivity contribution in [3.05, 3.63) is 200 Å². The van der Waals surface area contributed by atoms with E-state index in [9.17, 15) is 0 Å². The summed E-state index contributed by atoms with van der Waals surface area (Å²) in [6.07, 6.45) is 0. The van der Waals surface area contributed by atoms with Crippen LogP contribution in [-0.4, -0.2) is 0 Å². The predicted molar refractivity (Wildman–Crippen MR) is 220 cm³/mol. The summed E-state index contributed by atoms with van der Waals surface area (Å²) in [6.45, 7) is 0. The van der Waals surface area contributed by atoms with Gasteiger partial charge in [0.15, 0.2) is 0 Å². The Balaban J connectivity index is 1.17. The molecule has 0 heterocycles. The van der Waals surface area contributed by atoms with Crippen LogP contribution in [0.25, 0.3) is 76.1 Å². The zero-order valence-electron chi connectivity index (χ0n) is 28.0. The highest BCUT2D eigenvalue weighted by molar-refractivity contribution is 6.21. The molecule has 0 atom stereocenters. The minimum Gasteiger partial charge on any atom is -0.309 e. The summed E-state index contributed by atoms with van der Waals surface area (Å²) >= 11 is 0. The molecule has 0 aromatic heterocycles. The average molecular weight is 648 g/mol. The number of benzene rings is 10. The van der Waals surface area contributed by atoms with Gasteiger partial charge in [-0.15, -0.1) is 0 Å². The maximum Gasteiger partial charge on any atom is 0.0546 e. The lowest BCUT2D eigenvalue weighted by Gasteiger charge is -2.29. The summed E-state index contributed by atoms with van der Waals surface area (Å²) in [6, 6.07) is 73.1. The summed E-state index contributed by atoms with van der Waals surface area (Å²) in [4.78, 5) is 2.45. The number of hydrogen-bond acceptors (Lipinski definition) is 1. The van der Waals surface area contributed by atoms with Crippen molar-refractivity contribution in [1.29, 1.82) is 0 Å². The Morgan fingerprint density at radius 1 is 0.275 bits per heavy atom. The van der Waals surface area contributed by atoms with Crippen molar-refractivity contribution < 1.29 is 0 Å². The lowest BCUT2D eigenvalue weighted by atomic mass is 9.94. The molecule has 10 aromatic rings. The number of nitrogens with zero attached hydrogens (tertiary/aromatic N) is 1. The Hall–Kier alpha value is -6.70. The van der Waals surface area contributed by atoms with Crippen LogP contribution in [0.2, 0.25) is 0 Å². The quantitative estimate of drug-likeness (QED) is 0.168. The Bertz CT molecular complexity index is 2900. The normalized spacial score (nSPS) is 11.5. The maximum absolute atomic E-state index is 2.45. The van der Waals surface area contributed by atoms with Crippen molar-refractivity contribution in [1.82, 2.24) is 0 Å². The summed E-state index contributed by atoms with van der Waals surface area (Å²) in [7, 11) is 0. The van der Waals surface area contributed by atoms with Crippen LogP contribution in [-0.2, 0) is 0 Å². The summed E-state index contributed by atoms with van der Waals surface area (Å²) in [5.74, 6) is 0. The van der Waals surface area contributed by atoms with Gasteiger partial charge >= 0.3 is 0 Å². The van der Waals surface area contributed by atoms with Crippen LogP contribution in [0.4, 0.5) is 17.1 Å². The molecule has 0 saturated heterocycles. The Labute approximate surface area is 297 Å². The van der Waals surface area contributed by atoms with Crippen LogP contribution >= 0.6 is 0 Å². The smallest absolute Gasteiger partial charge is 0.0546 e. The Morgan fingerprint density at radius 3 is 1.65 bits per heavy atom. The van der Waals surface area contributed by atoms with Gasteiger partial charge in [-0.05, 0) is 95.5 Å². The number of hydrogen-bond donors (Lipinski definition) is 0. The SMILES string of the molecule is c1ccc(-c2ccccc2N(c2ccc(-c3ccc4ccc5ccc6ccccc6c5c4c3)cc2)c2cc3ccccc3c3ccccc23)cc1. The lowest BCUT2D eigenvalue weighted by Crippen LogP contribution is -2.12. The van der Waals surface area contributed by atoms with E-state index in [1.54, 1.807) is 0 Å². The molecule has 0 N–H and O–H groups in total. The van der Waals surface area contributed by atoms with Crippen LogP contribution in [0.5, 0.6) is 0 Å². The van der Waals surface area contributed by atoms with Gasteiger partial charge in [0, 0.05) is 16.6 Å². The van der Waals surface area contributed by atoms with E-state index in [1.165, 1.54) is 76.1 Å². The first kappa shape index (κ1) is 29.2. The lowest BCUT2D eigenvalue weighted by molar-refractivity contribution is 1.30. The topological polar surface area (TPSA) is 3.24 Å². The minimum atomic E-state index is 1.11. The molecule has 0 amide bonds. The molecule has 0 aliphatic rings. The minimum absolute atomic E-state index is 1.11. The molecule has 0 fully saturated rings. The van der Waals surface area contributed by atoms with Crippen LogP contribution < -0.4 is 4.90 Å². The zero-order chi connectivity index (χ0) is 33.7. The molecule has 0 aliphatic heterocycles. The fraction of sp³-hybridized carbons (Fsp3) is 0. The van der Waals surface area contributed by atoms with Gasteiger partial charge in [0.2, 0.25) is 0 Å². The van der Waals surface area contributed by atoms with Crippen LogP contribution in [0, 0.1) is 0 Å². The van der Waals surface area contributed by atoms with Gasteiger partial charge in [-0.25, -0.2) is 0 Å². The molecule has 1 nitrogen and oxygen atoms in total. The van der Waals surface area contributed by atoms with Gasteiger partial charge in [0.1, 0.15) is 0 Å². The fourth-order valence-electron chi connectivity index (χ4n) is 7.97. The van der Waals surface area contributed by atoms with E-state index in [4.69, 9.17) is 0 Å². The van der Waals surface area contributed by atoms with E-state index in [0.717, 1.165) is 17.1 Å². The Kier molecular flexibility index (Phi) is 6.89. The standard InChI is InChI=1S/C50H33N/c1-2-12-35(13-3-1)43-17-10-11-21-48(43)51(49-33-40-15-5-6-16-42(40)45-19-8-9-20-46(45)49)41-30-28-34(29-31-41)39-27-24-37-23-26-38-25-22-36-14-4-7-18-44(36)50(38)47(37)32-39/h1-33H. The Morgan fingerprint density at radius 2 is 0.843 bits per heavy atom. The molecule has 1 heteroatoms. The average Bonchev–Trinajstić information content (AvgIpc) is 3.21. The molecule has 10 rings (SSSR count). The first-order valence-corrected chi connectivity index (χ1v) is 17.6. The van der Waals surface area contributed by atoms with E-state index in [-0.39, 0.29) is 0 Å². The van der Waals surface area contributed by atoms with Crippen molar-refractivity contribution >= 4 is 70.9 Å². The van der Waals surface area contributed by atoms with Crippen molar-refractivity contribution in [2.24, 2.45) is 0 Å². The van der Waals surface area contributed by atoms with Crippen molar-refractivity contribution in [3.63, 3.8) is 0 Å². The molecule has 238 valence electrons. The van der Waals surface area contributed by atoms with E-state index in [0.29, 0.717) is 0 Å². The van der Waals surface area contributed by atoms with E-state index < -0.39 is 0 Å². The second-order valence-electron chi connectivity index (χ2n) is 13.3. The molecule has 0 aliphatic carbocycles. The summed E-state index contributed by atoms with van der Waals surface area (Å²) in [5, 5.41) is 12.6. The third-order valence-electron chi connectivity index (χ3n) is 10.4. The first-order chi connectivity index (χ1) is 25.3. The molecule has 10 aromatic carbocycles. The van der Waals surface area contributed by atoms with Crippen molar-refractivity contribution in [2.45, 2.75) is 0 Å². The van der Waals surface area contributed by atoms with Gasteiger partial charge in [-0.3, -0.25) is 0 Å². The molecular formula is C50H33N. The van der Waals surface area contributed by atoms with Gasteiger partial charge in [0.25, 0.3) is 0 Å². The van der Waals surface area contributed by atoms with E-state index in [2.05, 4.69) is 205 Å². The highest BCUT2D eigenvalue weighted by Gasteiger charge is 2.20. The molecule has 0 spiro atoms. The third-order valence-corrected chi connectivity index (χ3v) is 10.4. The van der Waals surface area contributed by atoms with E-state index in [1.807, 2.05) is 0 Å². The zero-order valence-corrected chi connectivity index (χ0v) is 28.0. The number of fused-ring (bicyclic) bond motifs is 8. The van der Waals surface area contributed by atoms with Gasteiger partial charge in [-0.1, -0.05) is 170 Å². The number of para-hydroxylation sites is 1. The van der Waals surface area contributed by atoms with Gasteiger partial charge in [-0.2, -0.15) is 0 Å². The maximum atomic E-state index is 2.45. The molecule has 0 bridgehead atoms. The molecule has 0 saturated carbocycles. The van der Waals surface area contributed by atoms with Gasteiger partial charge < -0.3 is 4.90 Å². The monoisotopic (exact) mass is 647 g/mol. The molecule has 0 unspecified atom stereocenters. The summed E-state index contributed by atoms with van der Waals surface area (Å²) in [5.41, 5.74) is 8.19. The van der Waals surface area contributed by atoms with Crippen LogP contribution in [0.3, 0.4) is 0 Å². The molecular weight excluding hydrogens is 615 g/mol. The highest BCUT2D eigenvalue weighted by atomic mass is 15.1. The second-order valence-corrected chi connectivity index (χ2v) is 13.3. The van der Waals surface area contributed by atoms with Gasteiger partial charge in [0.05, 0.1) is 11.4 Å². The third kappa shape index (κ3) is 4.94. The predicted octanol–water partition coefficient (Wildman–Crippen LogP) is 14.3.